The molecule has 16 heteroatoms. The highest BCUT2D eigenvalue weighted by Crippen LogP contribution is 2.34. The van der Waals surface area contributed by atoms with Crippen LogP contribution in [0.4, 0.5) is 0 Å². The highest BCUT2D eigenvalue weighted by Gasteiger charge is 2.53. The Bertz CT molecular complexity index is 793. The van der Waals surface area contributed by atoms with E-state index in [0.717, 1.165) is 0 Å². The minimum Gasteiger partial charge on any atom is -0.382 e. The predicted octanol–water partition coefficient (Wildman–Crippen LogP) is -0.535. The lowest BCUT2D eigenvalue weighted by Gasteiger charge is -2.49. The van der Waals surface area contributed by atoms with Gasteiger partial charge in [-0.3, -0.25) is 0 Å². The van der Waals surface area contributed by atoms with E-state index in [0.29, 0.717) is 6.29 Å². The SMILES string of the molecule is COCC1OC(OC2C(COC)OC(OCC(OC)C(OC)C(OC)C(C=O)OC)C(OC)C2OC)C(OC)C(OC)C1OC. The molecule has 2 aliphatic rings. The third-order valence-electron chi connectivity index (χ3n) is 8.19. The lowest BCUT2D eigenvalue weighted by Crippen LogP contribution is -2.66. The molecule has 45 heavy (non-hydrogen) atoms. The fraction of sp³-hybridized carbons (Fsp3) is 0.966. The summed E-state index contributed by atoms with van der Waals surface area (Å²) in [6, 6.07) is 0. The van der Waals surface area contributed by atoms with Gasteiger partial charge in [-0.05, 0) is 0 Å². The Balaban J connectivity index is 2.32. The van der Waals surface area contributed by atoms with Crippen molar-refractivity contribution in [2.24, 2.45) is 0 Å². The summed E-state index contributed by atoms with van der Waals surface area (Å²) in [5, 5.41) is 0. The standard InChI is InChI=1S/C29H54O16/c1-31-13-18-22(37-7)24(38-8)27(41-11)29(44-18)45-23-19(14-32-2)43-28(26(40-10)25(23)39-9)42-15-17(34-4)21(36-6)20(35-5)16(12-30)33-3/h12,16-29H,13-15H2,1-11H3. The van der Waals surface area contributed by atoms with E-state index in [9.17, 15) is 4.79 Å². The zero-order chi connectivity index (χ0) is 33.5. The number of carbonyl (C=O) groups excluding carboxylic acids is 1. The summed E-state index contributed by atoms with van der Waals surface area (Å²) in [4.78, 5) is 11.6. The molecule has 0 aromatic carbocycles. The number of ether oxygens (including phenoxy) is 15. The van der Waals surface area contributed by atoms with Crippen molar-refractivity contribution in [2.75, 3.05) is 98.0 Å². The first-order valence-corrected chi connectivity index (χ1v) is 14.6. The third-order valence-corrected chi connectivity index (χ3v) is 8.19. The van der Waals surface area contributed by atoms with E-state index in [1.165, 1.54) is 49.8 Å². The first kappa shape index (κ1) is 40.2. The predicted molar refractivity (Wildman–Crippen MR) is 155 cm³/mol. The fourth-order valence-corrected chi connectivity index (χ4v) is 5.94. The van der Waals surface area contributed by atoms with Gasteiger partial charge in [-0.2, -0.15) is 0 Å². The molecule has 2 saturated heterocycles. The number of hydrogen-bond acceptors (Lipinski definition) is 16. The number of methoxy groups -OCH3 is 11. The number of aldehydes is 1. The molecule has 2 heterocycles. The molecule has 14 atom stereocenters. The Kier molecular flexibility index (Phi) is 18.9. The van der Waals surface area contributed by atoms with Crippen LogP contribution in [-0.4, -0.2) is 190 Å². The van der Waals surface area contributed by atoms with Gasteiger partial charge >= 0.3 is 0 Å². The van der Waals surface area contributed by atoms with Crippen LogP contribution in [0.3, 0.4) is 0 Å². The van der Waals surface area contributed by atoms with Crippen LogP contribution in [-0.2, 0) is 75.8 Å². The summed E-state index contributed by atoms with van der Waals surface area (Å²) >= 11 is 0. The van der Waals surface area contributed by atoms with Gasteiger partial charge in [0.1, 0.15) is 73.2 Å². The third kappa shape index (κ3) is 9.81. The molecular weight excluding hydrogens is 604 g/mol. The molecule has 0 aromatic rings. The second-order valence-corrected chi connectivity index (χ2v) is 10.4. The van der Waals surface area contributed by atoms with Crippen LogP contribution >= 0.6 is 0 Å². The molecule has 14 unspecified atom stereocenters. The van der Waals surface area contributed by atoms with Gasteiger partial charge in [0.25, 0.3) is 0 Å². The summed E-state index contributed by atoms with van der Waals surface area (Å²) in [6.07, 6.45) is -9.47. The molecule has 0 spiro atoms. The van der Waals surface area contributed by atoms with Gasteiger partial charge in [0, 0.05) is 78.2 Å². The van der Waals surface area contributed by atoms with Crippen molar-refractivity contribution in [3.8, 4) is 0 Å². The van der Waals surface area contributed by atoms with Crippen LogP contribution in [0.15, 0.2) is 0 Å². The zero-order valence-corrected chi connectivity index (χ0v) is 28.3. The van der Waals surface area contributed by atoms with E-state index in [1.807, 2.05) is 0 Å². The summed E-state index contributed by atoms with van der Waals surface area (Å²) in [7, 11) is 16.7. The zero-order valence-electron chi connectivity index (χ0n) is 28.3. The van der Waals surface area contributed by atoms with Crippen molar-refractivity contribution in [1.82, 2.24) is 0 Å². The molecule has 266 valence electrons. The molecule has 0 bridgehead atoms. The van der Waals surface area contributed by atoms with Crippen LogP contribution in [0.5, 0.6) is 0 Å². The van der Waals surface area contributed by atoms with Gasteiger partial charge in [0.05, 0.1) is 19.8 Å². The van der Waals surface area contributed by atoms with Crippen molar-refractivity contribution in [3.05, 3.63) is 0 Å². The van der Waals surface area contributed by atoms with Gasteiger partial charge in [-0.25, -0.2) is 0 Å². The van der Waals surface area contributed by atoms with Crippen molar-refractivity contribution >= 4 is 6.29 Å². The molecule has 0 N–H and O–H groups in total. The number of carbonyl (C=O) groups is 1. The highest BCUT2D eigenvalue weighted by molar-refractivity contribution is 5.57. The van der Waals surface area contributed by atoms with Gasteiger partial charge in [-0.1, -0.05) is 0 Å². The number of hydrogen-bond donors (Lipinski definition) is 0. The molecule has 0 aromatic heterocycles. The Morgan fingerprint density at radius 1 is 0.556 bits per heavy atom. The van der Waals surface area contributed by atoms with Crippen molar-refractivity contribution in [1.29, 1.82) is 0 Å². The second-order valence-electron chi connectivity index (χ2n) is 10.4. The van der Waals surface area contributed by atoms with Crippen LogP contribution in [0.25, 0.3) is 0 Å². The minimum atomic E-state index is -0.947. The van der Waals surface area contributed by atoms with Gasteiger partial charge < -0.3 is 75.8 Å². The molecule has 0 aliphatic carbocycles. The maximum Gasteiger partial charge on any atom is 0.187 e. The topological polar surface area (TPSA) is 156 Å². The van der Waals surface area contributed by atoms with E-state index in [1.54, 1.807) is 28.4 Å². The lowest BCUT2D eigenvalue weighted by molar-refractivity contribution is -0.368. The largest absolute Gasteiger partial charge is 0.382 e. The number of rotatable bonds is 22. The lowest BCUT2D eigenvalue weighted by atomic mass is 9.96. The molecule has 2 fully saturated rings. The summed E-state index contributed by atoms with van der Waals surface area (Å²) < 4.78 is 87.5. The first-order valence-electron chi connectivity index (χ1n) is 14.6. The minimum absolute atomic E-state index is 0.0273. The Hall–Kier alpha value is -0.930. The smallest absolute Gasteiger partial charge is 0.187 e. The van der Waals surface area contributed by atoms with Gasteiger partial charge in [-0.15, -0.1) is 0 Å². The van der Waals surface area contributed by atoms with Crippen LogP contribution < -0.4 is 0 Å². The normalized spacial score (nSPS) is 35.1. The van der Waals surface area contributed by atoms with E-state index in [2.05, 4.69) is 0 Å². The fourth-order valence-electron chi connectivity index (χ4n) is 5.94. The van der Waals surface area contributed by atoms with E-state index in [-0.39, 0.29) is 19.8 Å². The van der Waals surface area contributed by atoms with Crippen LogP contribution in [0.2, 0.25) is 0 Å². The van der Waals surface area contributed by atoms with Crippen LogP contribution in [0.1, 0.15) is 0 Å². The maximum absolute atomic E-state index is 11.6. The van der Waals surface area contributed by atoms with E-state index in [4.69, 9.17) is 71.1 Å². The molecule has 16 nitrogen and oxygen atoms in total. The molecular formula is C29H54O16. The Morgan fingerprint density at radius 3 is 1.49 bits per heavy atom. The molecule has 0 radical (unpaired) electrons. The summed E-state index contributed by atoms with van der Waals surface area (Å²) in [6.45, 7) is 0.323. The monoisotopic (exact) mass is 658 g/mol. The summed E-state index contributed by atoms with van der Waals surface area (Å²) in [5.41, 5.74) is 0. The molecule has 0 amide bonds. The molecule has 2 aliphatic heterocycles. The summed E-state index contributed by atoms with van der Waals surface area (Å²) in [5.74, 6) is 0. The maximum atomic E-state index is 11.6. The quantitative estimate of drug-likeness (QED) is 0.137. The van der Waals surface area contributed by atoms with Crippen molar-refractivity contribution < 1.29 is 75.8 Å². The Labute approximate surface area is 266 Å². The second kappa shape index (κ2) is 21.1. The van der Waals surface area contributed by atoms with Crippen LogP contribution in [0, 0.1) is 0 Å². The van der Waals surface area contributed by atoms with Gasteiger partial charge in [0.15, 0.2) is 18.9 Å². The van der Waals surface area contributed by atoms with Gasteiger partial charge in [0.2, 0.25) is 0 Å². The van der Waals surface area contributed by atoms with E-state index < -0.39 is 85.8 Å². The van der Waals surface area contributed by atoms with Crippen molar-refractivity contribution in [3.63, 3.8) is 0 Å². The average molecular weight is 659 g/mol. The molecule has 2 rings (SSSR count). The Morgan fingerprint density at radius 2 is 1.04 bits per heavy atom. The van der Waals surface area contributed by atoms with E-state index >= 15 is 0 Å². The average Bonchev–Trinajstić information content (AvgIpc) is 3.06. The van der Waals surface area contributed by atoms with Crippen molar-refractivity contribution in [2.45, 2.75) is 85.8 Å². The molecule has 0 saturated carbocycles. The first-order chi connectivity index (χ1) is 21.8. The highest BCUT2D eigenvalue weighted by atomic mass is 16.8.